The maximum Gasteiger partial charge on any atom is 0.416 e. The molecular formula is C26H27F4NO3. The zero-order chi connectivity index (χ0) is 24.7. The highest BCUT2D eigenvalue weighted by atomic mass is 19.4. The first-order valence-electron chi connectivity index (χ1n) is 11.3. The number of benzene rings is 2. The predicted molar refractivity (Wildman–Crippen MR) is 122 cm³/mol. The number of pyridine rings is 1. The van der Waals surface area contributed by atoms with E-state index < -0.39 is 29.6 Å². The number of aryl methyl sites for hydroxylation is 1. The number of ether oxygens (including phenoxy) is 1. The van der Waals surface area contributed by atoms with Crippen LogP contribution in [0.5, 0.6) is 5.75 Å². The quantitative estimate of drug-likeness (QED) is 0.455. The number of halogens is 4. The molecule has 182 valence electrons. The lowest BCUT2D eigenvalue weighted by atomic mass is 9.74. The van der Waals surface area contributed by atoms with Crippen molar-refractivity contribution in [2.75, 3.05) is 6.61 Å². The normalized spacial score (nSPS) is 20.0. The summed E-state index contributed by atoms with van der Waals surface area (Å²) >= 11 is 0. The Hall–Kier alpha value is -2.87. The SMILES string of the molecule is Cc1cn(C(CCCC2(C)CCOc3ccc(F)cc32)C(O)C(F)(F)F)c2ccccc2c1=O. The number of aromatic nitrogens is 1. The molecule has 0 amide bonds. The molecule has 1 aliphatic rings. The molecular weight excluding hydrogens is 450 g/mol. The van der Waals surface area contributed by atoms with Crippen LogP contribution >= 0.6 is 0 Å². The van der Waals surface area contributed by atoms with E-state index in [1.165, 1.54) is 22.9 Å². The van der Waals surface area contributed by atoms with E-state index in [0.717, 1.165) is 0 Å². The van der Waals surface area contributed by atoms with E-state index in [1.807, 2.05) is 6.92 Å². The van der Waals surface area contributed by atoms with Gasteiger partial charge in [-0.15, -0.1) is 0 Å². The van der Waals surface area contributed by atoms with Gasteiger partial charge in [0.05, 0.1) is 18.2 Å². The summed E-state index contributed by atoms with van der Waals surface area (Å²) in [6.07, 6.45) is -4.57. The monoisotopic (exact) mass is 477 g/mol. The highest BCUT2D eigenvalue weighted by Gasteiger charge is 2.44. The van der Waals surface area contributed by atoms with Crippen LogP contribution in [-0.2, 0) is 5.41 Å². The second-order valence-corrected chi connectivity index (χ2v) is 9.31. The van der Waals surface area contributed by atoms with Gasteiger partial charge in [-0.1, -0.05) is 25.5 Å². The fourth-order valence-electron chi connectivity index (χ4n) is 4.96. The smallest absolute Gasteiger partial charge is 0.416 e. The molecule has 2 heterocycles. The average molecular weight is 477 g/mol. The van der Waals surface area contributed by atoms with Gasteiger partial charge < -0.3 is 14.4 Å². The van der Waals surface area contributed by atoms with Gasteiger partial charge in [0, 0.05) is 22.7 Å². The highest BCUT2D eigenvalue weighted by molar-refractivity contribution is 5.79. The van der Waals surface area contributed by atoms with Gasteiger partial charge in [0.15, 0.2) is 11.5 Å². The molecule has 34 heavy (non-hydrogen) atoms. The third kappa shape index (κ3) is 4.56. The Labute approximate surface area is 194 Å². The number of para-hydroxylation sites is 1. The fraction of sp³-hybridized carbons (Fsp3) is 0.423. The molecule has 8 heteroatoms. The molecule has 3 atom stereocenters. The molecule has 1 aromatic heterocycles. The van der Waals surface area contributed by atoms with Gasteiger partial charge in [-0.3, -0.25) is 4.79 Å². The Morgan fingerprint density at radius 2 is 1.94 bits per heavy atom. The Morgan fingerprint density at radius 1 is 1.21 bits per heavy atom. The predicted octanol–water partition coefficient (Wildman–Crippen LogP) is 5.82. The topological polar surface area (TPSA) is 51.5 Å². The summed E-state index contributed by atoms with van der Waals surface area (Å²) in [6, 6.07) is 9.48. The van der Waals surface area contributed by atoms with E-state index in [4.69, 9.17) is 4.74 Å². The summed E-state index contributed by atoms with van der Waals surface area (Å²) in [4.78, 5) is 12.5. The van der Waals surface area contributed by atoms with E-state index in [0.29, 0.717) is 53.6 Å². The number of fused-ring (bicyclic) bond motifs is 2. The second-order valence-electron chi connectivity index (χ2n) is 9.31. The third-order valence-electron chi connectivity index (χ3n) is 6.91. The number of aliphatic hydroxyl groups excluding tert-OH is 1. The van der Waals surface area contributed by atoms with Gasteiger partial charge in [0.25, 0.3) is 0 Å². The zero-order valence-electron chi connectivity index (χ0n) is 19.0. The zero-order valence-corrected chi connectivity index (χ0v) is 19.0. The first-order chi connectivity index (χ1) is 16.0. The van der Waals surface area contributed by atoms with Crippen LogP contribution in [0, 0.1) is 12.7 Å². The van der Waals surface area contributed by atoms with E-state index in [9.17, 15) is 27.5 Å². The van der Waals surface area contributed by atoms with Crippen molar-refractivity contribution < 1.29 is 27.4 Å². The molecule has 0 aliphatic carbocycles. The van der Waals surface area contributed by atoms with Crippen molar-refractivity contribution in [3.05, 3.63) is 75.8 Å². The van der Waals surface area contributed by atoms with Gasteiger partial charge in [-0.2, -0.15) is 13.2 Å². The van der Waals surface area contributed by atoms with Crippen molar-refractivity contribution in [2.24, 2.45) is 0 Å². The maximum absolute atomic E-state index is 13.9. The van der Waals surface area contributed by atoms with Gasteiger partial charge in [0.2, 0.25) is 0 Å². The molecule has 3 unspecified atom stereocenters. The number of aliphatic hydroxyl groups is 1. The third-order valence-corrected chi connectivity index (χ3v) is 6.91. The van der Waals surface area contributed by atoms with Gasteiger partial charge in [-0.05, 0) is 61.9 Å². The summed E-state index contributed by atoms with van der Waals surface area (Å²) < 4.78 is 62.0. The molecule has 0 bridgehead atoms. The van der Waals surface area contributed by atoms with E-state index in [-0.39, 0.29) is 11.8 Å². The lowest BCUT2D eigenvalue weighted by molar-refractivity contribution is -0.217. The van der Waals surface area contributed by atoms with Crippen molar-refractivity contribution in [3.63, 3.8) is 0 Å². The molecule has 2 aromatic carbocycles. The Balaban J connectivity index is 1.67. The van der Waals surface area contributed by atoms with Crippen LogP contribution < -0.4 is 10.2 Å². The Kier molecular flexibility index (Phi) is 6.46. The molecule has 0 fully saturated rings. The van der Waals surface area contributed by atoms with Crippen LogP contribution in [0.4, 0.5) is 17.6 Å². The molecule has 0 saturated heterocycles. The molecule has 1 N–H and O–H groups in total. The molecule has 3 aromatic rings. The lowest BCUT2D eigenvalue weighted by Crippen LogP contribution is -2.38. The first-order valence-corrected chi connectivity index (χ1v) is 11.3. The molecule has 4 nitrogen and oxygen atoms in total. The minimum Gasteiger partial charge on any atom is -0.493 e. The minimum absolute atomic E-state index is 0.0219. The van der Waals surface area contributed by atoms with Crippen molar-refractivity contribution in [1.82, 2.24) is 4.57 Å². The van der Waals surface area contributed by atoms with Crippen LogP contribution in [0.2, 0.25) is 0 Å². The van der Waals surface area contributed by atoms with Gasteiger partial charge in [0.1, 0.15) is 11.6 Å². The largest absolute Gasteiger partial charge is 0.493 e. The van der Waals surface area contributed by atoms with E-state index in [2.05, 4.69) is 0 Å². The number of nitrogens with zero attached hydrogens (tertiary/aromatic N) is 1. The van der Waals surface area contributed by atoms with Crippen LogP contribution in [0.3, 0.4) is 0 Å². The van der Waals surface area contributed by atoms with Crippen LogP contribution in [-0.4, -0.2) is 28.6 Å². The summed E-state index contributed by atoms with van der Waals surface area (Å²) in [7, 11) is 0. The van der Waals surface area contributed by atoms with Crippen molar-refractivity contribution >= 4 is 10.9 Å². The van der Waals surface area contributed by atoms with E-state index in [1.54, 1.807) is 37.3 Å². The standard InChI is InChI=1S/C26H27F4NO3/c1-16-15-31(20-7-4-3-6-18(20)23(16)32)21(24(33)26(28,29)30)8-5-11-25(2)12-13-34-22-10-9-17(27)14-19(22)25/h3-4,6-7,9-10,14-15,21,24,33H,5,8,11-13H2,1-2H3. The maximum atomic E-state index is 13.9. The fourth-order valence-corrected chi connectivity index (χ4v) is 4.96. The van der Waals surface area contributed by atoms with Crippen molar-refractivity contribution in [3.8, 4) is 5.75 Å². The van der Waals surface area contributed by atoms with Crippen LogP contribution in [0.25, 0.3) is 10.9 Å². The number of alkyl halides is 3. The molecule has 0 saturated carbocycles. The van der Waals surface area contributed by atoms with Crippen LogP contribution in [0.15, 0.2) is 53.5 Å². The molecule has 1 aliphatic heterocycles. The lowest BCUT2D eigenvalue weighted by Gasteiger charge is -2.37. The van der Waals surface area contributed by atoms with Crippen molar-refractivity contribution in [2.45, 2.75) is 63.3 Å². The minimum atomic E-state index is -4.83. The second kappa shape index (κ2) is 9.06. The summed E-state index contributed by atoms with van der Waals surface area (Å²) in [5.41, 5.74) is 0.636. The van der Waals surface area contributed by atoms with Gasteiger partial charge in [-0.25, -0.2) is 4.39 Å². The molecule has 0 radical (unpaired) electrons. The summed E-state index contributed by atoms with van der Waals surface area (Å²) in [6.45, 7) is 3.95. The molecule has 0 spiro atoms. The highest BCUT2D eigenvalue weighted by Crippen LogP contribution is 2.43. The van der Waals surface area contributed by atoms with Gasteiger partial charge >= 0.3 is 6.18 Å². The Morgan fingerprint density at radius 3 is 2.68 bits per heavy atom. The number of hydrogen-bond donors (Lipinski definition) is 1. The number of hydrogen-bond acceptors (Lipinski definition) is 3. The average Bonchev–Trinajstić information content (AvgIpc) is 2.79. The Bertz CT molecular complexity index is 1250. The van der Waals surface area contributed by atoms with Crippen molar-refractivity contribution in [1.29, 1.82) is 0 Å². The summed E-state index contributed by atoms with van der Waals surface area (Å²) in [5, 5.41) is 10.6. The molecule has 4 rings (SSSR count). The number of rotatable bonds is 6. The first kappa shape index (κ1) is 24.3. The van der Waals surface area contributed by atoms with E-state index >= 15 is 0 Å². The van der Waals surface area contributed by atoms with Crippen LogP contribution in [0.1, 0.15) is 49.8 Å². The summed E-state index contributed by atoms with van der Waals surface area (Å²) in [5.74, 6) is 0.195.